The van der Waals surface area contributed by atoms with Gasteiger partial charge in [0.2, 0.25) is 0 Å². The number of benzene rings is 1. The second-order valence-corrected chi connectivity index (χ2v) is 6.20. The van der Waals surface area contributed by atoms with Gasteiger partial charge in [-0.3, -0.25) is 4.79 Å². The molecule has 0 aliphatic rings. The smallest absolute Gasteiger partial charge is 0.266 e. The van der Waals surface area contributed by atoms with Crippen LogP contribution in [0.4, 0.5) is 17.2 Å². The topological polar surface area (TPSA) is 54.0 Å². The van der Waals surface area contributed by atoms with Crippen molar-refractivity contribution in [3.63, 3.8) is 0 Å². The van der Waals surface area contributed by atoms with Gasteiger partial charge in [0, 0.05) is 5.69 Å². The Balaban J connectivity index is 1.71. The molecular weight excluding hydrogens is 306 g/mol. The molecule has 1 aromatic carbocycles. The summed E-state index contributed by atoms with van der Waals surface area (Å²) in [5.41, 5.74) is 4.33. The minimum Gasteiger partial charge on any atom is -0.354 e. The third-order valence-electron chi connectivity index (χ3n) is 3.50. The molecule has 2 heterocycles. The Morgan fingerprint density at radius 3 is 2.43 bits per heavy atom. The number of aryl methyl sites for hydroxylation is 2. The molecule has 3 rings (SSSR count). The fourth-order valence-electron chi connectivity index (χ4n) is 2.28. The lowest BCUT2D eigenvalue weighted by Gasteiger charge is -2.12. The van der Waals surface area contributed by atoms with Gasteiger partial charge >= 0.3 is 0 Å². The van der Waals surface area contributed by atoms with Crippen LogP contribution in [-0.4, -0.2) is 10.9 Å². The predicted octanol–water partition coefficient (Wildman–Crippen LogP) is 4.76. The molecule has 2 N–H and O–H groups in total. The van der Waals surface area contributed by atoms with Gasteiger partial charge in [0.25, 0.3) is 5.91 Å². The highest BCUT2D eigenvalue weighted by atomic mass is 32.1. The fourth-order valence-corrected chi connectivity index (χ4v) is 2.90. The van der Waals surface area contributed by atoms with Crippen LogP contribution in [0, 0.1) is 13.8 Å². The average Bonchev–Trinajstić information content (AvgIpc) is 3.07. The number of hydrogen-bond acceptors (Lipinski definition) is 4. The van der Waals surface area contributed by atoms with Gasteiger partial charge in [0.15, 0.2) is 0 Å². The second kappa shape index (κ2) is 6.62. The van der Waals surface area contributed by atoms with E-state index in [-0.39, 0.29) is 5.91 Å². The lowest BCUT2D eigenvalue weighted by atomic mass is 10.1. The molecule has 0 bridgehead atoms. The van der Waals surface area contributed by atoms with Crippen LogP contribution in [0.2, 0.25) is 0 Å². The SMILES string of the molecule is Cc1cccc(C)c1Nc1ccc(NC(=O)c2cccs2)nc1. The van der Waals surface area contributed by atoms with Gasteiger partial charge < -0.3 is 10.6 Å². The summed E-state index contributed by atoms with van der Waals surface area (Å²) in [6, 6.07) is 13.5. The van der Waals surface area contributed by atoms with Crippen molar-refractivity contribution in [1.82, 2.24) is 4.98 Å². The Hall–Kier alpha value is -2.66. The number of amides is 1. The van der Waals surface area contributed by atoms with Gasteiger partial charge in [-0.2, -0.15) is 0 Å². The molecule has 3 aromatic rings. The van der Waals surface area contributed by atoms with Gasteiger partial charge in [-0.25, -0.2) is 4.98 Å². The van der Waals surface area contributed by atoms with E-state index in [4.69, 9.17) is 0 Å². The van der Waals surface area contributed by atoms with Crippen molar-refractivity contribution in [3.8, 4) is 0 Å². The van der Waals surface area contributed by atoms with Crippen LogP contribution < -0.4 is 10.6 Å². The van der Waals surface area contributed by atoms with Gasteiger partial charge in [-0.1, -0.05) is 24.3 Å². The number of para-hydroxylation sites is 1. The Labute approximate surface area is 139 Å². The highest BCUT2D eigenvalue weighted by molar-refractivity contribution is 7.12. The molecule has 0 aliphatic heterocycles. The molecule has 0 atom stereocenters. The molecule has 0 saturated carbocycles. The van der Waals surface area contributed by atoms with E-state index in [2.05, 4.69) is 41.6 Å². The molecule has 116 valence electrons. The Kier molecular flexibility index (Phi) is 4.39. The van der Waals surface area contributed by atoms with Gasteiger partial charge in [0.1, 0.15) is 5.82 Å². The van der Waals surface area contributed by atoms with Crippen LogP contribution in [0.15, 0.2) is 54.0 Å². The minimum absolute atomic E-state index is 0.136. The summed E-state index contributed by atoms with van der Waals surface area (Å²) in [4.78, 5) is 16.9. The van der Waals surface area contributed by atoms with E-state index in [9.17, 15) is 4.79 Å². The van der Waals surface area contributed by atoms with Gasteiger partial charge in [-0.15, -0.1) is 11.3 Å². The third kappa shape index (κ3) is 3.57. The van der Waals surface area contributed by atoms with E-state index < -0.39 is 0 Å². The first kappa shape index (κ1) is 15.2. The lowest BCUT2D eigenvalue weighted by Crippen LogP contribution is -2.11. The predicted molar refractivity (Wildman–Crippen MR) is 95.7 cm³/mol. The first-order valence-corrected chi connectivity index (χ1v) is 8.15. The Bertz CT molecular complexity index is 791. The highest BCUT2D eigenvalue weighted by Crippen LogP contribution is 2.24. The normalized spacial score (nSPS) is 10.3. The molecule has 4 nitrogen and oxygen atoms in total. The molecule has 23 heavy (non-hydrogen) atoms. The molecule has 5 heteroatoms. The quantitative estimate of drug-likeness (QED) is 0.728. The molecule has 0 unspecified atom stereocenters. The zero-order valence-corrected chi connectivity index (χ0v) is 13.8. The van der Waals surface area contributed by atoms with Crippen LogP contribution in [-0.2, 0) is 0 Å². The summed E-state index contributed by atoms with van der Waals surface area (Å²) in [6.45, 7) is 4.14. The largest absolute Gasteiger partial charge is 0.354 e. The molecule has 0 aliphatic carbocycles. The van der Waals surface area contributed by atoms with E-state index in [1.807, 2.05) is 23.6 Å². The maximum Gasteiger partial charge on any atom is 0.266 e. The van der Waals surface area contributed by atoms with Gasteiger partial charge in [0.05, 0.1) is 16.8 Å². The first-order valence-electron chi connectivity index (χ1n) is 7.27. The van der Waals surface area contributed by atoms with Crippen LogP contribution in [0.1, 0.15) is 20.8 Å². The third-order valence-corrected chi connectivity index (χ3v) is 4.37. The minimum atomic E-state index is -0.136. The van der Waals surface area contributed by atoms with E-state index in [1.165, 1.54) is 22.5 Å². The van der Waals surface area contributed by atoms with Crippen molar-refractivity contribution in [2.75, 3.05) is 10.6 Å². The zero-order chi connectivity index (χ0) is 16.2. The molecule has 1 amide bonds. The van der Waals surface area contributed by atoms with Crippen molar-refractivity contribution in [1.29, 1.82) is 0 Å². The van der Waals surface area contributed by atoms with E-state index in [0.717, 1.165) is 11.4 Å². The number of pyridine rings is 1. The summed E-state index contributed by atoms with van der Waals surface area (Å²) >= 11 is 1.41. The molecule has 0 saturated heterocycles. The van der Waals surface area contributed by atoms with E-state index in [1.54, 1.807) is 18.3 Å². The lowest BCUT2D eigenvalue weighted by molar-refractivity contribution is 0.103. The van der Waals surface area contributed by atoms with Crippen molar-refractivity contribution in [3.05, 3.63) is 70.0 Å². The summed E-state index contributed by atoms with van der Waals surface area (Å²) in [5.74, 6) is 0.401. The van der Waals surface area contributed by atoms with Crippen molar-refractivity contribution in [2.45, 2.75) is 13.8 Å². The number of hydrogen-bond donors (Lipinski definition) is 2. The highest BCUT2D eigenvalue weighted by Gasteiger charge is 2.08. The summed E-state index contributed by atoms with van der Waals surface area (Å²) in [6.07, 6.45) is 1.72. The maximum absolute atomic E-state index is 12.0. The molecule has 0 fully saturated rings. The molecular formula is C18H17N3OS. The number of carbonyl (C=O) groups is 1. The van der Waals surface area contributed by atoms with Crippen LogP contribution in [0.25, 0.3) is 0 Å². The van der Waals surface area contributed by atoms with Gasteiger partial charge in [-0.05, 0) is 48.6 Å². The monoisotopic (exact) mass is 323 g/mol. The first-order chi connectivity index (χ1) is 11.1. The van der Waals surface area contributed by atoms with E-state index in [0.29, 0.717) is 10.7 Å². The van der Waals surface area contributed by atoms with Crippen LogP contribution >= 0.6 is 11.3 Å². The van der Waals surface area contributed by atoms with E-state index >= 15 is 0 Å². The van der Waals surface area contributed by atoms with Crippen molar-refractivity contribution < 1.29 is 4.79 Å². The average molecular weight is 323 g/mol. The number of aromatic nitrogens is 1. The number of nitrogens with one attached hydrogen (secondary N) is 2. The zero-order valence-electron chi connectivity index (χ0n) is 13.0. The molecule has 0 radical (unpaired) electrons. The number of rotatable bonds is 4. The molecule has 2 aromatic heterocycles. The summed E-state index contributed by atoms with van der Waals surface area (Å²) in [5, 5.41) is 8.04. The molecule has 0 spiro atoms. The summed E-state index contributed by atoms with van der Waals surface area (Å²) < 4.78 is 0. The number of carbonyl (C=O) groups excluding carboxylic acids is 1. The second-order valence-electron chi connectivity index (χ2n) is 5.26. The fraction of sp³-hybridized carbons (Fsp3) is 0.111. The number of nitrogens with zero attached hydrogens (tertiary/aromatic N) is 1. The van der Waals surface area contributed by atoms with Crippen molar-refractivity contribution >= 4 is 34.4 Å². The Morgan fingerprint density at radius 1 is 1.04 bits per heavy atom. The maximum atomic E-state index is 12.0. The standard InChI is InChI=1S/C18H17N3OS/c1-12-5-3-6-13(2)17(12)20-14-8-9-16(19-11-14)21-18(22)15-7-4-10-23-15/h3-11,20H,1-2H3,(H,19,21,22). The van der Waals surface area contributed by atoms with Crippen LogP contribution in [0.5, 0.6) is 0 Å². The summed E-state index contributed by atoms with van der Waals surface area (Å²) in [7, 11) is 0. The number of thiophene rings is 1. The Morgan fingerprint density at radius 2 is 1.83 bits per heavy atom. The van der Waals surface area contributed by atoms with Crippen molar-refractivity contribution in [2.24, 2.45) is 0 Å². The number of anilines is 3. The van der Waals surface area contributed by atoms with Crippen LogP contribution in [0.3, 0.4) is 0 Å².